The molecule has 2 aliphatic heterocycles. The number of hydrogen-bond donors (Lipinski definition) is 2. The molecule has 0 fully saturated rings. The highest BCUT2D eigenvalue weighted by Gasteiger charge is 2.44. The molecule has 3 N–H and O–H groups in total. The molecule has 1 amide bonds. The van der Waals surface area contributed by atoms with Crippen LogP contribution in [0.1, 0.15) is 96.8 Å². The molecule has 6 heteroatoms. The maximum Gasteiger partial charge on any atom is 0.220 e. The van der Waals surface area contributed by atoms with Crippen LogP contribution in [0.15, 0.2) is 120 Å². The molecule has 278 valence electrons. The van der Waals surface area contributed by atoms with Gasteiger partial charge in [-0.05, 0) is 98.6 Å². The van der Waals surface area contributed by atoms with E-state index in [4.69, 9.17) is 10.5 Å². The van der Waals surface area contributed by atoms with E-state index in [0.29, 0.717) is 25.9 Å². The van der Waals surface area contributed by atoms with Crippen molar-refractivity contribution in [3.05, 3.63) is 136 Å². The third-order valence-corrected chi connectivity index (χ3v) is 11.1. The summed E-state index contributed by atoms with van der Waals surface area (Å²) in [6.07, 6.45) is 15.6. The fraction of sp³-hybridized carbons (Fsp3) is 0.404. The van der Waals surface area contributed by atoms with Gasteiger partial charge in [0.1, 0.15) is 18.1 Å². The number of aryl methyl sites for hydroxylation is 1. The van der Waals surface area contributed by atoms with Crippen LogP contribution in [0.3, 0.4) is 0 Å². The van der Waals surface area contributed by atoms with Crippen LogP contribution in [-0.4, -0.2) is 42.4 Å². The fourth-order valence-electron chi connectivity index (χ4n) is 8.32. The molecule has 3 aliphatic rings. The van der Waals surface area contributed by atoms with Crippen molar-refractivity contribution in [3.8, 4) is 5.75 Å². The number of nitrogens with zero attached hydrogens (tertiary/aromatic N) is 2. The minimum absolute atomic E-state index is 0.0263. The SMILES string of the molecule is CCCN1/C(=C/C=C2\CCCC(/C=C/C3=[N+](CCC)c4ccccc4C3(C)C)=C2Oc2ccc(CCC(=O)NCCN)cc2)C(C)(C)c2ccccc21. The molecule has 53 heavy (non-hydrogen) atoms. The first-order valence-corrected chi connectivity index (χ1v) is 19.8. The maximum atomic E-state index is 12.2. The number of ether oxygens (including phenoxy) is 1. The quantitative estimate of drug-likeness (QED) is 0.164. The lowest BCUT2D eigenvalue weighted by atomic mass is 9.81. The summed E-state index contributed by atoms with van der Waals surface area (Å²) in [5, 5.41) is 2.86. The number of nitrogens with one attached hydrogen (secondary N) is 1. The molecule has 6 rings (SSSR count). The van der Waals surface area contributed by atoms with Gasteiger partial charge in [0, 0.05) is 67.0 Å². The molecular formula is C47H59N4O2+. The number of para-hydroxylation sites is 2. The van der Waals surface area contributed by atoms with Crippen molar-refractivity contribution in [2.24, 2.45) is 5.73 Å². The highest BCUT2D eigenvalue weighted by atomic mass is 16.5. The van der Waals surface area contributed by atoms with Gasteiger partial charge in [0.2, 0.25) is 11.6 Å². The van der Waals surface area contributed by atoms with E-state index in [0.717, 1.165) is 62.3 Å². The van der Waals surface area contributed by atoms with Crippen LogP contribution in [0, 0.1) is 0 Å². The molecule has 0 spiro atoms. The van der Waals surface area contributed by atoms with Crippen LogP contribution < -0.4 is 20.7 Å². The molecule has 3 aromatic rings. The fourth-order valence-corrected chi connectivity index (χ4v) is 8.32. The average molecular weight is 712 g/mol. The topological polar surface area (TPSA) is 70.6 Å². The molecule has 0 saturated heterocycles. The molecule has 2 heterocycles. The number of nitrogens with two attached hydrogens (primary N) is 1. The summed E-state index contributed by atoms with van der Waals surface area (Å²) in [5.41, 5.74) is 16.9. The Balaban J connectivity index is 1.38. The number of benzene rings is 3. The largest absolute Gasteiger partial charge is 0.457 e. The van der Waals surface area contributed by atoms with Gasteiger partial charge >= 0.3 is 0 Å². The van der Waals surface area contributed by atoms with Gasteiger partial charge in [0.25, 0.3) is 0 Å². The normalized spacial score (nSPS) is 19.0. The molecule has 0 unspecified atom stereocenters. The van der Waals surface area contributed by atoms with E-state index in [9.17, 15) is 4.79 Å². The van der Waals surface area contributed by atoms with E-state index in [1.165, 1.54) is 45.1 Å². The molecule has 0 atom stereocenters. The van der Waals surface area contributed by atoms with E-state index in [1.54, 1.807) is 0 Å². The van der Waals surface area contributed by atoms with Crippen molar-refractivity contribution >= 4 is 23.0 Å². The lowest BCUT2D eigenvalue weighted by Gasteiger charge is -2.27. The van der Waals surface area contributed by atoms with E-state index < -0.39 is 0 Å². The predicted molar refractivity (Wildman–Crippen MR) is 220 cm³/mol. The van der Waals surface area contributed by atoms with Crippen molar-refractivity contribution in [1.29, 1.82) is 0 Å². The van der Waals surface area contributed by atoms with Crippen LogP contribution in [0.25, 0.3) is 0 Å². The second-order valence-electron chi connectivity index (χ2n) is 15.6. The Hall–Kier alpha value is -4.68. The van der Waals surface area contributed by atoms with Gasteiger partial charge in [-0.1, -0.05) is 82.3 Å². The molecule has 0 aromatic heterocycles. The minimum atomic E-state index is -0.107. The van der Waals surface area contributed by atoms with Gasteiger partial charge in [-0.2, -0.15) is 4.58 Å². The third-order valence-electron chi connectivity index (χ3n) is 11.1. The number of anilines is 1. The lowest BCUT2D eigenvalue weighted by molar-refractivity contribution is -0.437. The summed E-state index contributed by atoms with van der Waals surface area (Å²) >= 11 is 0. The first-order valence-electron chi connectivity index (χ1n) is 19.8. The Morgan fingerprint density at radius 2 is 1.62 bits per heavy atom. The second kappa shape index (κ2) is 16.6. The Morgan fingerprint density at radius 1 is 0.887 bits per heavy atom. The summed E-state index contributed by atoms with van der Waals surface area (Å²) in [6, 6.07) is 25.9. The predicted octanol–water partition coefficient (Wildman–Crippen LogP) is 9.57. The lowest BCUT2D eigenvalue weighted by Crippen LogP contribution is -2.29. The van der Waals surface area contributed by atoms with Crippen LogP contribution >= 0.6 is 0 Å². The summed E-state index contributed by atoms with van der Waals surface area (Å²) < 4.78 is 9.43. The molecular weight excluding hydrogens is 653 g/mol. The van der Waals surface area contributed by atoms with Crippen molar-refractivity contribution in [1.82, 2.24) is 5.32 Å². The zero-order valence-corrected chi connectivity index (χ0v) is 32.8. The van der Waals surface area contributed by atoms with E-state index in [1.807, 2.05) is 12.1 Å². The first kappa shape index (κ1) is 38.1. The van der Waals surface area contributed by atoms with Crippen LogP contribution in [-0.2, 0) is 22.0 Å². The zero-order valence-electron chi connectivity index (χ0n) is 32.8. The molecule has 3 aromatic carbocycles. The van der Waals surface area contributed by atoms with Crippen molar-refractivity contribution < 1.29 is 14.1 Å². The number of allylic oxidation sites excluding steroid dienone is 7. The number of rotatable bonds is 14. The van der Waals surface area contributed by atoms with Gasteiger partial charge in [-0.15, -0.1) is 0 Å². The standard InChI is InChI=1S/C47H58N4O2/c1-7-32-50-40-18-11-9-16-38(40)46(3,4)42(50)27-23-35-14-13-15-36(24-28-43-47(5,6)39-17-10-12-19-41(39)51(43)33-8-2)45(35)53-37-25-20-34(21-26-37)22-29-44(52)49-31-30-48/h9-12,16-21,23-28H,7-8,13-15,22,29-33,48H2,1-6H3/p+1. The summed E-state index contributed by atoms with van der Waals surface area (Å²) in [7, 11) is 0. The van der Waals surface area contributed by atoms with Crippen molar-refractivity contribution in [2.75, 3.05) is 31.1 Å². The Morgan fingerprint density at radius 3 is 2.36 bits per heavy atom. The molecule has 0 bridgehead atoms. The van der Waals surface area contributed by atoms with Gasteiger partial charge in [0.15, 0.2) is 5.71 Å². The summed E-state index contributed by atoms with van der Waals surface area (Å²) in [5.74, 6) is 1.78. The maximum absolute atomic E-state index is 12.2. The highest BCUT2D eigenvalue weighted by Crippen LogP contribution is 2.48. The van der Waals surface area contributed by atoms with Gasteiger partial charge in [-0.25, -0.2) is 0 Å². The first-order chi connectivity index (χ1) is 25.6. The molecule has 6 nitrogen and oxygen atoms in total. The zero-order chi connectivity index (χ0) is 37.6. The van der Waals surface area contributed by atoms with Crippen LogP contribution in [0.4, 0.5) is 11.4 Å². The summed E-state index contributed by atoms with van der Waals surface area (Å²) in [4.78, 5) is 14.7. The monoisotopic (exact) mass is 711 g/mol. The molecule has 1 aliphatic carbocycles. The Labute approximate surface area is 317 Å². The highest BCUT2D eigenvalue weighted by molar-refractivity contribution is 6.03. The number of amides is 1. The van der Waals surface area contributed by atoms with Crippen molar-refractivity contribution in [2.45, 2.75) is 97.3 Å². The Bertz CT molecular complexity index is 1960. The Kier molecular flexibility index (Phi) is 11.9. The smallest absolute Gasteiger partial charge is 0.220 e. The minimum Gasteiger partial charge on any atom is -0.457 e. The average Bonchev–Trinajstić information content (AvgIpc) is 3.51. The van der Waals surface area contributed by atoms with E-state index in [-0.39, 0.29) is 16.7 Å². The van der Waals surface area contributed by atoms with Gasteiger partial charge in [0.05, 0.1) is 5.41 Å². The van der Waals surface area contributed by atoms with E-state index >= 15 is 0 Å². The molecule has 0 saturated carbocycles. The summed E-state index contributed by atoms with van der Waals surface area (Å²) in [6.45, 7) is 16.8. The number of hydrogen-bond acceptors (Lipinski definition) is 4. The number of carbonyl (C=O) groups is 1. The van der Waals surface area contributed by atoms with Gasteiger partial charge in [-0.3, -0.25) is 4.79 Å². The third kappa shape index (κ3) is 7.99. The molecule has 0 radical (unpaired) electrons. The van der Waals surface area contributed by atoms with E-state index in [2.05, 4.69) is 141 Å². The number of carbonyl (C=O) groups excluding carboxylic acids is 1. The van der Waals surface area contributed by atoms with Crippen molar-refractivity contribution in [3.63, 3.8) is 0 Å². The van der Waals surface area contributed by atoms with Gasteiger partial charge < -0.3 is 20.7 Å². The van der Waals surface area contributed by atoms with Crippen LogP contribution in [0.5, 0.6) is 5.75 Å². The number of fused-ring (bicyclic) bond motifs is 2. The second-order valence-corrected chi connectivity index (χ2v) is 15.6. The van der Waals surface area contributed by atoms with Crippen LogP contribution in [0.2, 0.25) is 0 Å².